The Morgan fingerprint density at radius 3 is 2.50 bits per heavy atom. The third-order valence-electron chi connectivity index (χ3n) is 2.46. The molecule has 1 heterocycles. The summed E-state index contributed by atoms with van der Waals surface area (Å²) < 4.78 is 23.1. The van der Waals surface area contributed by atoms with Crippen LogP contribution in [0.15, 0.2) is 11.1 Å². The van der Waals surface area contributed by atoms with Crippen LogP contribution < -0.4 is 11.1 Å². The van der Waals surface area contributed by atoms with Gasteiger partial charge in [-0.1, -0.05) is 13.3 Å². The van der Waals surface area contributed by atoms with Gasteiger partial charge in [0.05, 0.1) is 5.56 Å². The molecule has 1 rings (SSSR count). The van der Waals surface area contributed by atoms with Gasteiger partial charge in [0.2, 0.25) is 0 Å². The first-order valence-corrected chi connectivity index (χ1v) is 7.42. The van der Waals surface area contributed by atoms with E-state index < -0.39 is 15.7 Å². The lowest BCUT2D eigenvalue weighted by molar-refractivity contribution is 0.0999. The smallest absolute Gasteiger partial charge is 0.252 e. The largest absolute Gasteiger partial charge is 0.372 e. The number of nitrogens with two attached hydrogens (primary N) is 1. The molecule has 0 radical (unpaired) electrons. The van der Waals surface area contributed by atoms with Gasteiger partial charge < -0.3 is 11.1 Å². The molecule has 0 spiro atoms. The third kappa shape index (κ3) is 2.98. The van der Waals surface area contributed by atoms with Crippen molar-refractivity contribution in [3.05, 3.63) is 17.2 Å². The van der Waals surface area contributed by atoms with Gasteiger partial charge in [-0.25, -0.2) is 13.4 Å². The number of amides is 1. The fourth-order valence-corrected chi connectivity index (χ4v) is 2.30. The van der Waals surface area contributed by atoms with Crippen LogP contribution in [0.1, 0.15) is 29.3 Å². The molecule has 1 aromatic heterocycles. The summed E-state index contributed by atoms with van der Waals surface area (Å²) in [7, 11) is -1.86. The van der Waals surface area contributed by atoms with Crippen molar-refractivity contribution in [3.8, 4) is 0 Å². The highest BCUT2D eigenvalue weighted by molar-refractivity contribution is 7.90. The Labute approximate surface area is 107 Å². The first-order chi connectivity index (χ1) is 8.31. The number of nitrogens with one attached hydrogen (secondary N) is 1. The Hall–Kier alpha value is -1.63. The minimum atomic E-state index is -3.42. The van der Waals surface area contributed by atoms with Gasteiger partial charge in [-0.3, -0.25) is 4.79 Å². The van der Waals surface area contributed by atoms with Gasteiger partial charge in [-0.05, 0) is 18.1 Å². The summed E-state index contributed by atoms with van der Waals surface area (Å²) in [6.07, 6.45) is 2.42. The minimum absolute atomic E-state index is 0.0553. The average molecular weight is 271 g/mol. The summed E-state index contributed by atoms with van der Waals surface area (Å²) >= 11 is 0. The van der Waals surface area contributed by atoms with E-state index in [0.717, 1.165) is 12.7 Å². The zero-order valence-corrected chi connectivity index (χ0v) is 11.5. The second-order valence-corrected chi connectivity index (χ2v) is 5.94. The average Bonchev–Trinajstić information content (AvgIpc) is 2.26. The normalized spacial score (nSPS) is 11.3. The van der Waals surface area contributed by atoms with E-state index in [2.05, 4.69) is 10.3 Å². The third-order valence-corrected chi connectivity index (χ3v) is 3.43. The minimum Gasteiger partial charge on any atom is -0.372 e. The lowest BCUT2D eigenvalue weighted by atomic mass is 10.0. The first kappa shape index (κ1) is 14.4. The van der Waals surface area contributed by atoms with E-state index in [1.807, 2.05) is 6.92 Å². The highest BCUT2D eigenvalue weighted by Gasteiger charge is 2.19. The molecule has 1 amide bonds. The van der Waals surface area contributed by atoms with Gasteiger partial charge in [0.15, 0.2) is 14.9 Å². The number of sulfone groups is 1. The fraction of sp³-hybridized carbons (Fsp3) is 0.455. The van der Waals surface area contributed by atoms with Crippen LogP contribution in [0, 0.1) is 0 Å². The molecule has 0 bridgehead atoms. The van der Waals surface area contributed by atoms with E-state index in [1.165, 1.54) is 6.07 Å². The molecule has 100 valence electrons. The number of nitrogens with zero attached hydrogens (tertiary/aromatic N) is 1. The number of hydrogen-bond acceptors (Lipinski definition) is 5. The number of pyridine rings is 1. The van der Waals surface area contributed by atoms with Gasteiger partial charge in [0.1, 0.15) is 5.82 Å². The highest BCUT2D eigenvalue weighted by Crippen LogP contribution is 2.22. The van der Waals surface area contributed by atoms with Crippen molar-refractivity contribution in [2.75, 3.05) is 18.6 Å². The van der Waals surface area contributed by atoms with Crippen molar-refractivity contribution in [2.24, 2.45) is 5.73 Å². The first-order valence-electron chi connectivity index (χ1n) is 5.52. The van der Waals surface area contributed by atoms with Gasteiger partial charge in [-0.2, -0.15) is 0 Å². The van der Waals surface area contributed by atoms with Crippen molar-refractivity contribution in [2.45, 2.75) is 24.8 Å². The van der Waals surface area contributed by atoms with E-state index in [9.17, 15) is 13.2 Å². The summed E-state index contributed by atoms with van der Waals surface area (Å²) in [6, 6.07) is 1.42. The number of carbonyl (C=O) groups is 1. The molecular formula is C11H17N3O3S. The van der Waals surface area contributed by atoms with Crippen LogP contribution in [0.5, 0.6) is 0 Å². The van der Waals surface area contributed by atoms with E-state index in [4.69, 9.17) is 5.73 Å². The standard InChI is InChI=1S/C11H17N3O3S/c1-4-5-7-6-8(18(3,16)17)14-11(13-2)9(7)10(12)15/h6H,4-5H2,1-3H3,(H2,12,15)(H,13,14). The van der Waals surface area contributed by atoms with Crippen LogP contribution in [0.25, 0.3) is 0 Å². The van der Waals surface area contributed by atoms with Crippen LogP contribution >= 0.6 is 0 Å². The quantitative estimate of drug-likeness (QED) is 0.815. The van der Waals surface area contributed by atoms with Gasteiger partial charge in [0, 0.05) is 13.3 Å². The number of aromatic nitrogens is 1. The van der Waals surface area contributed by atoms with E-state index in [-0.39, 0.29) is 16.4 Å². The monoisotopic (exact) mass is 271 g/mol. The molecule has 0 fully saturated rings. The van der Waals surface area contributed by atoms with Crippen LogP contribution in [0.4, 0.5) is 5.82 Å². The molecule has 6 nitrogen and oxygen atoms in total. The van der Waals surface area contributed by atoms with Gasteiger partial charge in [0.25, 0.3) is 5.91 Å². The summed E-state index contributed by atoms with van der Waals surface area (Å²) in [5.41, 5.74) is 6.17. The Morgan fingerprint density at radius 2 is 2.11 bits per heavy atom. The summed E-state index contributed by atoms with van der Waals surface area (Å²) in [5.74, 6) is -0.413. The second kappa shape index (κ2) is 5.34. The number of rotatable bonds is 5. The number of primary amides is 1. The fourth-order valence-electron chi connectivity index (χ4n) is 1.68. The molecule has 0 aliphatic carbocycles. The maximum absolute atomic E-state index is 11.5. The van der Waals surface area contributed by atoms with E-state index in [1.54, 1.807) is 7.05 Å². The van der Waals surface area contributed by atoms with Crippen LogP contribution in [-0.2, 0) is 16.3 Å². The Balaban J connectivity index is 3.58. The van der Waals surface area contributed by atoms with Gasteiger partial charge in [-0.15, -0.1) is 0 Å². The molecule has 0 unspecified atom stereocenters. The molecular weight excluding hydrogens is 254 g/mol. The Kier molecular flexibility index (Phi) is 4.28. The number of anilines is 1. The van der Waals surface area contributed by atoms with Crippen LogP contribution in [0.3, 0.4) is 0 Å². The van der Waals surface area contributed by atoms with Gasteiger partial charge >= 0.3 is 0 Å². The highest BCUT2D eigenvalue weighted by atomic mass is 32.2. The lowest BCUT2D eigenvalue weighted by Crippen LogP contribution is -2.19. The number of carbonyl (C=O) groups excluding carboxylic acids is 1. The van der Waals surface area contributed by atoms with Crippen LogP contribution in [0.2, 0.25) is 0 Å². The predicted octanol–water partition coefficient (Wildman–Crippen LogP) is 0.578. The topological polar surface area (TPSA) is 102 Å². The predicted molar refractivity (Wildman–Crippen MR) is 69.4 cm³/mol. The summed E-state index contributed by atoms with van der Waals surface area (Å²) in [4.78, 5) is 15.4. The molecule has 0 atom stereocenters. The SMILES string of the molecule is CCCc1cc(S(C)(=O)=O)nc(NC)c1C(N)=O. The molecule has 1 aromatic rings. The second-order valence-electron chi connectivity index (χ2n) is 3.98. The summed E-state index contributed by atoms with van der Waals surface area (Å²) in [6.45, 7) is 1.93. The molecule has 0 aromatic carbocycles. The van der Waals surface area contributed by atoms with E-state index in [0.29, 0.717) is 12.0 Å². The molecule has 3 N–H and O–H groups in total. The maximum atomic E-state index is 11.5. The molecule has 0 aliphatic heterocycles. The Bertz CT molecular complexity index is 567. The molecule has 0 saturated heterocycles. The Morgan fingerprint density at radius 1 is 1.50 bits per heavy atom. The van der Waals surface area contributed by atoms with Crippen molar-refractivity contribution >= 4 is 21.6 Å². The maximum Gasteiger partial charge on any atom is 0.252 e. The van der Waals surface area contributed by atoms with Crippen molar-refractivity contribution < 1.29 is 13.2 Å². The summed E-state index contributed by atoms with van der Waals surface area (Å²) in [5, 5.41) is 2.66. The van der Waals surface area contributed by atoms with E-state index >= 15 is 0 Å². The molecule has 18 heavy (non-hydrogen) atoms. The number of hydrogen-bond donors (Lipinski definition) is 2. The van der Waals surface area contributed by atoms with Crippen molar-refractivity contribution in [1.29, 1.82) is 0 Å². The molecule has 7 heteroatoms. The molecule has 0 saturated carbocycles. The van der Waals surface area contributed by atoms with Crippen LogP contribution in [-0.4, -0.2) is 32.6 Å². The molecule has 0 aliphatic rings. The lowest BCUT2D eigenvalue weighted by Gasteiger charge is -2.12. The number of aryl methyl sites for hydroxylation is 1. The zero-order chi connectivity index (χ0) is 13.9. The zero-order valence-electron chi connectivity index (χ0n) is 10.6. The van der Waals surface area contributed by atoms with Crippen molar-refractivity contribution in [3.63, 3.8) is 0 Å². The van der Waals surface area contributed by atoms with Crippen molar-refractivity contribution in [1.82, 2.24) is 4.98 Å².